The van der Waals surface area contributed by atoms with Gasteiger partial charge < -0.3 is 15.4 Å². The van der Waals surface area contributed by atoms with Gasteiger partial charge >= 0.3 is 0 Å². The van der Waals surface area contributed by atoms with Gasteiger partial charge in [-0.3, -0.25) is 9.59 Å². The highest BCUT2D eigenvalue weighted by Gasteiger charge is 2.48. The van der Waals surface area contributed by atoms with Crippen molar-refractivity contribution in [3.8, 4) is 5.75 Å². The van der Waals surface area contributed by atoms with E-state index in [0.717, 1.165) is 5.56 Å². The van der Waals surface area contributed by atoms with E-state index in [2.05, 4.69) is 10.6 Å². The lowest BCUT2D eigenvalue weighted by molar-refractivity contribution is -0.125. The fraction of sp³-hybridized carbons (Fsp3) is 0.333. The van der Waals surface area contributed by atoms with Crippen molar-refractivity contribution in [2.75, 3.05) is 5.32 Å². The molecule has 2 N–H and O–H groups in total. The maximum Gasteiger partial charge on any atom is 0.228 e. The second-order valence-corrected chi connectivity index (χ2v) is 7.32. The molecule has 2 atom stereocenters. The molecular formula is C21H23ClN2O3. The van der Waals surface area contributed by atoms with Crippen LogP contribution in [0.25, 0.3) is 0 Å². The van der Waals surface area contributed by atoms with Gasteiger partial charge in [-0.1, -0.05) is 41.9 Å². The Balaban J connectivity index is 1.53. The molecule has 0 aromatic heterocycles. The van der Waals surface area contributed by atoms with E-state index in [0.29, 0.717) is 29.4 Å². The zero-order valence-electron chi connectivity index (χ0n) is 15.4. The Bertz CT molecular complexity index is 838. The third kappa shape index (κ3) is 5.01. The lowest BCUT2D eigenvalue weighted by Gasteiger charge is -2.14. The number of hydrogen-bond acceptors (Lipinski definition) is 3. The molecule has 5 nitrogen and oxygen atoms in total. The molecule has 2 amide bonds. The van der Waals surface area contributed by atoms with Gasteiger partial charge in [-0.05, 0) is 44.0 Å². The molecule has 2 aromatic rings. The molecule has 142 valence electrons. The average Bonchev–Trinajstić information content (AvgIpc) is 3.43. The minimum atomic E-state index is -0.316. The van der Waals surface area contributed by atoms with Crippen LogP contribution in [-0.2, 0) is 16.1 Å². The molecule has 1 fully saturated rings. The van der Waals surface area contributed by atoms with E-state index in [-0.39, 0.29) is 29.8 Å². The number of amides is 2. The number of para-hydroxylation sites is 2. The summed E-state index contributed by atoms with van der Waals surface area (Å²) in [6.07, 6.45) is 0.556. The first kappa shape index (κ1) is 19.2. The van der Waals surface area contributed by atoms with E-state index < -0.39 is 0 Å². The molecule has 0 bridgehead atoms. The van der Waals surface area contributed by atoms with Gasteiger partial charge in [0.2, 0.25) is 11.8 Å². The monoisotopic (exact) mass is 386 g/mol. The number of ether oxygens (including phenoxy) is 1. The van der Waals surface area contributed by atoms with E-state index >= 15 is 0 Å². The molecule has 2 unspecified atom stereocenters. The number of benzene rings is 2. The first-order chi connectivity index (χ1) is 13.0. The second kappa shape index (κ2) is 8.44. The fourth-order valence-corrected chi connectivity index (χ4v) is 3.08. The third-order valence-corrected chi connectivity index (χ3v) is 4.75. The molecule has 1 aliphatic carbocycles. The van der Waals surface area contributed by atoms with Crippen LogP contribution in [0.5, 0.6) is 5.75 Å². The molecule has 0 saturated heterocycles. The van der Waals surface area contributed by atoms with Crippen LogP contribution in [0.15, 0.2) is 48.5 Å². The average molecular weight is 387 g/mol. The Hall–Kier alpha value is -2.53. The minimum Gasteiger partial charge on any atom is -0.489 e. The molecule has 3 rings (SSSR count). The van der Waals surface area contributed by atoms with Crippen molar-refractivity contribution in [2.24, 2.45) is 11.8 Å². The number of anilines is 1. The van der Waals surface area contributed by atoms with Crippen molar-refractivity contribution in [2.45, 2.75) is 32.9 Å². The van der Waals surface area contributed by atoms with Gasteiger partial charge in [0.25, 0.3) is 0 Å². The molecule has 1 saturated carbocycles. The first-order valence-corrected chi connectivity index (χ1v) is 9.41. The number of halogens is 1. The molecule has 2 aromatic carbocycles. The SMILES string of the molecule is CC(C)Oc1ccccc1NC(=O)C1CC1C(=O)NCc1ccccc1Cl. The van der Waals surface area contributed by atoms with Crippen molar-refractivity contribution < 1.29 is 14.3 Å². The standard InChI is InChI=1S/C21H23ClN2O3/c1-13(2)27-19-10-6-5-9-18(19)24-21(26)16-11-15(16)20(25)23-12-14-7-3-4-8-17(14)22/h3-10,13,15-16H,11-12H2,1-2H3,(H,23,25)(H,24,26). The molecular weight excluding hydrogens is 364 g/mol. The maximum atomic E-state index is 12.5. The van der Waals surface area contributed by atoms with Crippen LogP contribution in [0.2, 0.25) is 5.02 Å². The van der Waals surface area contributed by atoms with Gasteiger partial charge in [0, 0.05) is 11.6 Å². The first-order valence-electron chi connectivity index (χ1n) is 9.03. The van der Waals surface area contributed by atoms with Gasteiger partial charge in [0.05, 0.1) is 23.6 Å². The Morgan fingerprint density at radius 2 is 1.74 bits per heavy atom. The normalized spacial score (nSPS) is 18.1. The summed E-state index contributed by atoms with van der Waals surface area (Å²) in [5.74, 6) is -0.273. The van der Waals surface area contributed by atoms with Crippen LogP contribution >= 0.6 is 11.6 Å². The molecule has 0 aliphatic heterocycles. The van der Waals surface area contributed by atoms with E-state index in [9.17, 15) is 9.59 Å². The summed E-state index contributed by atoms with van der Waals surface area (Å²) in [7, 11) is 0. The van der Waals surface area contributed by atoms with Crippen molar-refractivity contribution in [3.05, 3.63) is 59.1 Å². The van der Waals surface area contributed by atoms with Crippen LogP contribution in [-0.4, -0.2) is 17.9 Å². The highest BCUT2D eigenvalue weighted by Crippen LogP contribution is 2.40. The van der Waals surface area contributed by atoms with Crippen molar-refractivity contribution in [1.29, 1.82) is 0 Å². The summed E-state index contributed by atoms with van der Waals surface area (Å²) >= 11 is 6.10. The summed E-state index contributed by atoms with van der Waals surface area (Å²) in [6, 6.07) is 14.7. The Morgan fingerprint density at radius 1 is 1.07 bits per heavy atom. The van der Waals surface area contributed by atoms with Gasteiger partial charge in [-0.25, -0.2) is 0 Å². The predicted molar refractivity (Wildman–Crippen MR) is 106 cm³/mol. The summed E-state index contributed by atoms with van der Waals surface area (Å²) in [5, 5.41) is 6.36. The molecule has 27 heavy (non-hydrogen) atoms. The van der Waals surface area contributed by atoms with Crippen LogP contribution in [0.4, 0.5) is 5.69 Å². The Kier molecular flexibility index (Phi) is 6.01. The Labute approximate surface area is 164 Å². The molecule has 1 aliphatic rings. The fourth-order valence-electron chi connectivity index (χ4n) is 2.88. The molecule has 0 heterocycles. The smallest absolute Gasteiger partial charge is 0.228 e. The predicted octanol–water partition coefficient (Wildman–Crippen LogP) is 4.02. The van der Waals surface area contributed by atoms with Crippen molar-refractivity contribution in [3.63, 3.8) is 0 Å². The van der Waals surface area contributed by atoms with E-state index in [1.165, 1.54) is 0 Å². The van der Waals surface area contributed by atoms with E-state index in [1.54, 1.807) is 12.1 Å². The van der Waals surface area contributed by atoms with Crippen molar-refractivity contribution in [1.82, 2.24) is 5.32 Å². The molecule has 0 radical (unpaired) electrons. The van der Waals surface area contributed by atoms with Gasteiger partial charge in [-0.2, -0.15) is 0 Å². The summed E-state index contributed by atoms with van der Waals surface area (Å²) in [6.45, 7) is 4.21. The quantitative estimate of drug-likeness (QED) is 0.755. The lowest BCUT2D eigenvalue weighted by atomic mass is 10.2. The number of carbonyl (C=O) groups excluding carboxylic acids is 2. The van der Waals surface area contributed by atoms with Gasteiger partial charge in [0.15, 0.2) is 0 Å². The van der Waals surface area contributed by atoms with Crippen molar-refractivity contribution >= 4 is 29.1 Å². The van der Waals surface area contributed by atoms with Crippen LogP contribution < -0.4 is 15.4 Å². The zero-order valence-corrected chi connectivity index (χ0v) is 16.1. The van der Waals surface area contributed by atoms with E-state index in [1.807, 2.05) is 50.2 Å². The van der Waals surface area contributed by atoms with E-state index in [4.69, 9.17) is 16.3 Å². The second-order valence-electron chi connectivity index (χ2n) is 6.91. The van der Waals surface area contributed by atoms with Crippen LogP contribution in [0.3, 0.4) is 0 Å². The summed E-state index contributed by atoms with van der Waals surface area (Å²) in [4.78, 5) is 24.8. The Morgan fingerprint density at radius 3 is 2.48 bits per heavy atom. The lowest BCUT2D eigenvalue weighted by Crippen LogP contribution is -2.27. The topological polar surface area (TPSA) is 67.4 Å². The molecule has 0 spiro atoms. The maximum absolute atomic E-state index is 12.5. The molecule has 6 heteroatoms. The largest absolute Gasteiger partial charge is 0.489 e. The number of nitrogens with one attached hydrogen (secondary N) is 2. The third-order valence-electron chi connectivity index (χ3n) is 4.38. The van der Waals surface area contributed by atoms with Gasteiger partial charge in [0.1, 0.15) is 5.75 Å². The highest BCUT2D eigenvalue weighted by atomic mass is 35.5. The number of carbonyl (C=O) groups is 2. The number of hydrogen-bond donors (Lipinski definition) is 2. The van der Waals surface area contributed by atoms with Crippen LogP contribution in [0, 0.1) is 11.8 Å². The minimum absolute atomic E-state index is 0.00677. The van der Waals surface area contributed by atoms with Crippen LogP contribution in [0.1, 0.15) is 25.8 Å². The summed E-state index contributed by atoms with van der Waals surface area (Å²) in [5.41, 5.74) is 1.48. The highest BCUT2D eigenvalue weighted by molar-refractivity contribution is 6.31. The number of rotatable bonds is 7. The summed E-state index contributed by atoms with van der Waals surface area (Å²) < 4.78 is 5.71. The zero-order chi connectivity index (χ0) is 19.4. The van der Waals surface area contributed by atoms with Gasteiger partial charge in [-0.15, -0.1) is 0 Å².